The van der Waals surface area contributed by atoms with E-state index in [0.29, 0.717) is 11.9 Å². The molecule has 6 heteroatoms. The average Bonchev–Trinajstić information content (AvgIpc) is 3.00. The van der Waals surface area contributed by atoms with Crippen LogP contribution >= 0.6 is 11.6 Å². The van der Waals surface area contributed by atoms with Gasteiger partial charge in [0.2, 0.25) is 0 Å². The maximum atomic E-state index is 12.7. The summed E-state index contributed by atoms with van der Waals surface area (Å²) in [4.78, 5) is 17.0. The van der Waals surface area contributed by atoms with Crippen LogP contribution in [0.4, 0.5) is 0 Å². The molecule has 2 N–H and O–H groups in total. The number of nitrogens with zero attached hydrogens (tertiary/aromatic N) is 2. The highest BCUT2D eigenvalue weighted by atomic mass is 35.5. The SMILES string of the molecule is O=c1c2c([nH]n1-c1ccccn1)CCC(NCCc1ccc(Cl)cc1)C2. The Balaban J connectivity index is 1.41. The van der Waals surface area contributed by atoms with E-state index in [1.54, 1.807) is 10.9 Å². The smallest absolute Gasteiger partial charge is 0.276 e. The van der Waals surface area contributed by atoms with Gasteiger partial charge in [0.05, 0.1) is 0 Å². The number of rotatable bonds is 5. The van der Waals surface area contributed by atoms with Crippen LogP contribution in [0, 0.1) is 0 Å². The molecule has 0 aliphatic heterocycles. The third kappa shape index (κ3) is 3.59. The number of aromatic amines is 1. The van der Waals surface area contributed by atoms with Gasteiger partial charge in [-0.15, -0.1) is 0 Å². The minimum atomic E-state index is 0.0166. The van der Waals surface area contributed by atoms with Crippen LogP contribution in [0.2, 0.25) is 5.02 Å². The Morgan fingerprint density at radius 2 is 2.08 bits per heavy atom. The zero-order chi connectivity index (χ0) is 17.9. The first-order chi connectivity index (χ1) is 12.7. The quantitative estimate of drug-likeness (QED) is 0.727. The lowest BCUT2D eigenvalue weighted by atomic mass is 9.93. The Kier molecular flexibility index (Phi) is 4.91. The van der Waals surface area contributed by atoms with Crippen molar-refractivity contribution in [3.05, 3.63) is 80.9 Å². The fourth-order valence-electron chi connectivity index (χ4n) is 3.49. The number of halogens is 1. The first-order valence-electron chi connectivity index (χ1n) is 8.93. The predicted octanol–water partition coefficient (Wildman–Crippen LogP) is 2.90. The zero-order valence-corrected chi connectivity index (χ0v) is 15.2. The van der Waals surface area contributed by atoms with Gasteiger partial charge >= 0.3 is 0 Å². The number of nitrogens with one attached hydrogen (secondary N) is 2. The summed E-state index contributed by atoms with van der Waals surface area (Å²) >= 11 is 5.92. The van der Waals surface area contributed by atoms with Crippen molar-refractivity contribution in [1.82, 2.24) is 20.1 Å². The van der Waals surface area contributed by atoms with Crippen LogP contribution in [0.5, 0.6) is 0 Å². The van der Waals surface area contributed by atoms with Gasteiger partial charge in [0, 0.05) is 28.5 Å². The fraction of sp³-hybridized carbons (Fsp3) is 0.300. The van der Waals surface area contributed by atoms with E-state index in [0.717, 1.165) is 48.5 Å². The summed E-state index contributed by atoms with van der Waals surface area (Å²) in [7, 11) is 0. The summed E-state index contributed by atoms with van der Waals surface area (Å²) in [5.41, 5.74) is 3.20. The lowest BCUT2D eigenvalue weighted by Gasteiger charge is -2.22. The molecule has 0 amide bonds. The van der Waals surface area contributed by atoms with Gasteiger partial charge in [-0.2, -0.15) is 0 Å². The molecular weight excluding hydrogens is 348 g/mol. The van der Waals surface area contributed by atoms with Crippen molar-refractivity contribution < 1.29 is 0 Å². The van der Waals surface area contributed by atoms with Gasteiger partial charge < -0.3 is 5.32 Å². The third-order valence-electron chi connectivity index (χ3n) is 4.90. The van der Waals surface area contributed by atoms with Crippen LogP contribution in [0.1, 0.15) is 23.2 Å². The Hall–Kier alpha value is -2.37. The molecule has 1 aromatic carbocycles. The molecule has 0 radical (unpaired) electrons. The lowest BCUT2D eigenvalue weighted by Crippen LogP contribution is -2.37. The number of fused-ring (bicyclic) bond motifs is 1. The largest absolute Gasteiger partial charge is 0.313 e. The topological polar surface area (TPSA) is 62.7 Å². The Morgan fingerprint density at radius 3 is 2.85 bits per heavy atom. The normalized spacial score (nSPS) is 16.4. The van der Waals surface area contributed by atoms with Crippen LogP contribution in [0.15, 0.2) is 53.5 Å². The maximum absolute atomic E-state index is 12.7. The van der Waals surface area contributed by atoms with Crippen molar-refractivity contribution in [3.8, 4) is 5.82 Å². The molecule has 0 saturated carbocycles. The van der Waals surface area contributed by atoms with Crippen LogP contribution in [0.25, 0.3) is 5.82 Å². The molecule has 26 heavy (non-hydrogen) atoms. The van der Waals surface area contributed by atoms with Crippen molar-refractivity contribution in [2.75, 3.05) is 6.54 Å². The molecule has 1 unspecified atom stereocenters. The number of aryl methyl sites for hydroxylation is 1. The summed E-state index contributed by atoms with van der Waals surface area (Å²) in [6.07, 6.45) is 5.30. The molecule has 3 aromatic rings. The molecule has 2 heterocycles. The van der Waals surface area contributed by atoms with Gasteiger partial charge in [0.25, 0.3) is 5.56 Å². The van der Waals surface area contributed by atoms with Crippen LogP contribution in [-0.4, -0.2) is 27.4 Å². The van der Waals surface area contributed by atoms with Gasteiger partial charge in [-0.3, -0.25) is 9.89 Å². The standard InChI is InChI=1S/C20H21ClN4O/c21-15-6-4-14(5-7-15)10-12-22-16-8-9-18-17(13-16)20(26)25(24-18)19-3-1-2-11-23-19/h1-7,11,16,22,24H,8-10,12-13H2. The van der Waals surface area contributed by atoms with E-state index in [1.807, 2.05) is 30.3 Å². The minimum absolute atomic E-state index is 0.0166. The number of hydrogen-bond donors (Lipinski definition) is 2. The van der Waals surface area contributed by atoms with E-state index < -0.39 is 0 Å². The van der Waals surface area contributed by atoms with Gasteiger partial charge in [-0.25, -0.2) is 9.67 Å². The monoisotopic (exact) mass is 368 g/mol. The van der Waals surface area contributed by atoms with Crippen molar-refractivity contribution in [2.45, 2.75) is 31.7 Å². The molecule has 2 aromatic heterocycles. The van der Waals surface area contributed by atoms with E-state index in [1.165, 1.54) is 5.56 Å². The molecule has 1 aliphatic rings. The highest BCUT2D eigenvalue weighted by molar-refractivity contribution is 6.30. The molecule has 1 aliphatic carbocycles. The summed E-state index contributed by atoms with van der Waals surface area (Å²) in [6, 6.07) is 13.9. The van der Waals surface area contributed by atoms with Gasteiger partial charge in [0.1, 0.15) is 0 Å². The van der Waals surface area contributed by atoms with Gasteiger partial charge in [-0.1, -0.05) is 29.8 Å². The fourth-order valence-corrected chi connectivity index (χ4v) is 3.62. The second kappa shape index (κ2) is 7.48. The molecule has 5 nitrogen and oxygen atoms in total. The van der Waals surface area contributed by atoms with Crippen LogP contribution in [-0.2, 0) is 19.3 Å². The van der Waals surface area contributed by atoms with E-state index in [4.69, 9.17) is 11.6 Å². The first kappa shape index (κ1) is 17.1. The number of benzene rings is 1. The summed E-state index contributed by atoms with van der Waals surface area (Å²) in [5.74, 6) is 0.638. The second-order valence-corrected chi connectivity index (χ2v) is 7.10. The first-order valence-corrected chi connectivity index (χ1v) is 9.30. The molecule has 1 atom stereocenters. The third-order valence-corrected chi connectivity index (χ3v) is 5.16. The van der Waals surface area contributed by atoms with Gasteiger partial charge in [0.15, 0.2) is 5.82 Å². The zero-order valence-electron chi connectivity index (χ0n) is 14.4. The average molecular weight is 369 g/mol. The maximum Gasteiger partial charge on any atom is 0.276 e. The molecule has 134 valence electrons. The highest BCUT2D eigenvalue weighted by Gasteiger charge is 2.24. The van der Waals surface area contributed by atoms with Gasteiger partial charge in [-0.05, 0) is 62.1 Å². The molecular formula is C20H21ClN4O. The summed E-state index contributed by atoms with van der Waals surface area (Å²) in [6.45, 7) is 0.889. The van der Waals surface area contributed by atoms with E-state index in [2.05, 4.69) is 27.5 Å². The highest BCUT2D eigenvalue weighted by Crippen LogP contribution is 2.18. The van der Waals surface area contributed by atoms with E-state index in [9.17, 15) is 4.79 Å². The number of aromatic nitrogens is 3. The molecule has 4 rings (SSSR count). The summed E-state index contributed by atoms with van der Waals surface area (Å²) < 4.78 is 1.56. The predicted molar refractivity (Wildman–Crippen MR) is 103 cm³/mol. The van der Waals surface area contributed by atoms with E-state index in [-0.39, 0.29) is 5.56 Å². The number of H-pyrrole nitrogens is 1. The Bertz CT molecular complexity index is 931. The van der Waals surface area contributed by atoms with Crippen molar-refractivity contribution in [2.24, 2.45) is 0 Å². The Labute approximate surface area is 157 Å². The minimum Gasteiger partial charge on any atom is -0.313 e. The van der Waals surface area contributed by atoms with Crippen molar-refractivity contribution in [1.29, 1.82) is 0 Å². The number of pyridine rings is 1. The molecule has 0 bridgehead atoms. The van der Waals surface area contributed by atoms with Crippen molar-refractivity contribution >= 4 is 11.6 Å². The lowest BCUT2D eigenvalue weighted by molar-refractivity contribution is 0.458. The molecule has 0 saturated heterocycles. The molecule has 0 fully saturated rings. The van der Waals surface area contributed by atoms with Crippen LogP contribution in [0.3, 0.4) is 0 Å². The van der Waals surface area contributed by atoms with Crippen LogP contribution < -0.4 is 10.9 Å². The van der Waals surface area contributed by atoms with Crippen molar-refractivity contribution in [3.63, 3.8) is 0 Å². The number of hydrogen-bond acceptors (Lipinski definition) is 3. The second-order valence-electron chi connectivity index (χ2n) is 6.67. The molecule has 0 spiro atoms. The summed E-state index contributed by atoms with van der Waals surface area (Å²) in [5, 5.41) is 7.58. The van der Waals surface area contributed by atoms with E-state index >= 15 is 0 Å². The Morgan fingerprint density at radius 1 is 1.23 bits per heavy atom.